The standard InChI is InChI=1S/C15H15N3O3/c1-16-8-10-3-2-4-12(7-10)18-14(19)13-6-5-11(9-17-13)15(20)21/h2-7,9,16H,8H2,1H3,(H,18,19)(H,20,21). The van der Waals surface area contributed by atoms with Crippen molar-refractivity contribution in [2.45, 2.75) is 6.54 Å². The van der Waals surface area contributed by atoms with Gasteiger partial charge >= 0.3 is 5.97 Å². The SMILES string of the molecule is CNCc1cccc(NC(=O)c2ccc(C(=O)O)cn2)c1. The number of hydrogen-bond donors (Lipinski definition) is 3. The van der Waals surface area contributed by atoms with Crippen molar-refractivity contribution in [3.8, 4) is 0 Å². The van der Waals surface area contributed by atoms with Gasteiger partial charge in [0, 0.05) is 18.4 Å². The van der Waals surface area contributed by atoms with Crippen LogP contribution in [0.3, 0.4) is 0 Å². The third kappa shape index (κ3) is 3.87. The van der Waals surface area contributed by atoms with Crippen molar-refractivity contribution in [1.82, 2.24) is 10.3 Å². The highest BCUT2D eigenvalue weighted by Gasteiger charge is 2.10. The fourth-order valence-electron chi connectivity index (χ4n) is 1.81. The highest BCUT2D eigenvalue weighted by Crippen LogP contribution is 2.12. The molecule has 0 bridgehead atoms. The van der Waals surface area contributed by atoms with Crippen molar-refractivity contribution < 1.29 is 14.7 Å². The predicted molar refractivity (Wildman–Crippen MR) is 78.4 cm³/mol. The maximum atomic E-state index is 12.0. The van der Waals surface area contributed by atoms with Crippen LogP contribution >= 0.6 is 0 Å². The van der Waals surface area contributed by atoms with Crippen molar-refractivity contribution in [3.63, 3.8) is 0 Å². The molecule has 0 aliphatic carbocycles. The molecule has 2 rings (SSSR count). The van der Waals surface area contributed by atoms with E-state index in [2.05, 4.69) is 15.6 Å². The zero-order valence-electron chi connectivity index (χ0n) is 11.5. The van der Waals surface area contributed by atoms with Crippen molar-refractivity contribution in [2.24, 2.45) is 0 Å². The second-order valence-electron chi connectivity index (χ2n) is 4.42. The van der Waals surface area contributed by atoms with E-state index in [1.807, 2.05) is 25.2 Å². The molecule has 0 aliphatic heterocycles. The van der Waals surface area contributed by atoms with Crippen LogP contribution in [0.5, 0.6) is 0 Å². The summed E-state index contributed by atoms with van der Waals surface area (Å²) in [6, 6.07) is 10.2. The van der Waals surface area contributed by atoms with E-state index in [1.54, 1.807) is 6.07 Å². The van der Waals surface area contributed by atoms with Gasteiger partial charge in [-0.05, 0) is 36.9 Å². The Kier molecular flexibility index (Phi) is 4.63. The van der Waals surface area contributed by atoms with Gasteiger partial charge in [0.1, 0.15) is 5.69 Å². The average molecular weight is 285 g/mol. The molecular weight excluding hydrogens is 270 g/mol. The number of carboxylic acids is 1. The summed E-state index contributed by atoms with van der Waals surface area (Å²) in [5.74, 6) is -1.46. The van der Waals surface area contributed by atoms with Gasteiger partial charge in [-0.25, -0.2) is 4.79 Å². The zero-order valence-corrected chi connectivity index (χ0v) is 11.5. The van der Waals surface area contributed by atoms with Crippen LogP contribution in [-0.4, -0.2) is 29.0 Å². The summed E-state index contributed by atoms with van der Waals surface area (Å²) < 4.78 is 0. The third-order valence-electron chi connectivity index (χ3n) is 2.81. The Bertz CT molecular complexity index is 653. The minimum absolute atomic E-state index is 0.0440. The van der Waals surface area contributed by atoms with Gasteiger partial charge in [0.05, 0.1) is 5.56 Å². The highest BCUT2D eigenvalue weighted by molar-refractivity contribution is 6.03. The van der Waals surface area contributed by atoms with Crippen LogP contribution in [0, 0.1) is 0 Å². The van der Waals surface area contributed by atoms with Gasteiger partial charge < -0.3 is 15.7 Å². The lowest BCUT2D eigenvalue weighted by molar-refractivity contribution is 0.0696. The number of rotatable bonds is 5. The van der Waals surface area contributed by atoms with E-state index in [-0.39, 0.29) is 17.2 Å². The lowest BCUT2D eigenvalue weighted by atomic mass is 10.2. The molecule has 108 valence electrons. The molecule has 1 aromatic carbocycles. The van der Waals surface area contributed by atoms with Crippen LogP contribution in [0.25, 0.3) is 0 Å². The van der Waals surface area contributed by atoms with Crippen LogP contribution in [0.4, 0.5) is 5.69 Å². The van der Waals surface area contributed by atoms with E-state index in [4.69, 9.17) is 5.11 Å². The number of hydrogen-bond acceptors (Lipinski definition) is 4. The maximum Gasteiger partial charge on any atom is 0.337 e. The molecule has 0 spiro atoms. The molecule has 0 unspecified atom stereocenters. The van der Waals surface area contributed by atoms with Gasteiger partial charge in [-0.15, -0.1) is 0 Å². The first kappa shape index (κ1) is 14.7. The van der Waals surface area contributed by atoms with Crippen LogP contribution in [0.2, 0.25) is 0 Å². The Morgan fingerprint density at radius 3 is 2.67 bits per heavy atom. The number of pyridine rings is 1. The molecule has 6 nitrogen and oxygen atoms in total. The van der Waals surface area contributed by atoms with Gasteiger partial charge in [0.25, 0.3) is 5.91 Å². The number of carbonyl (C=O) groups excluding carboxylic acids is 1. The fraction of sp³-hybridized carbons (Fsp3) is 0.133. The van der Waals surface area contributed by atoms with Crippen LogP contribution in [0.15, 0.2) is 42.6 Å². The predicted octanol–water partition coefficient (Wildman–Crippen LogP) is 1.75. The second kappa shape index (κ2) is 6.62. The molecule has 1 aromatic heterocycles. The summed E-state index contributed by atoms with van der Waals surface area (Å²) in [4.78, 5) is 26.6. The molecular formula is C15H15N3O3. The monoisotopic (exact) mass is 285 g/mol. The van der Waals surface area contributed by atoms with Gasteiger partial charge in [0.15, 0.2) is 0 Å². The number of anilines is 1. The fourth-order valence-corrected chi connectivity index (χ4v) is 1.81. The van der Waals surface area contributed by atoms with Gasteiger partial charge in [-0.3, -0.25) is 9.78 Å². The Hall–Kier alpha value is -2.73. The molecule has 0 saturated heterocycles. The molecule has 1 heterocycles. The second-order valence-corrected chi connectivity index (χ2v) is 4.42. The van der Waals surface area contributed by atoms with Crippen molar-refractivity contribution >= 4 is 17.6 Å². The first-order chi connectivity index (χ1) is 10.1. The Morgan fingerprint density at radius 1 is 1.24 bits per heavy atom. The first-order valence-electron chi connectivity index (χ1n) is 6.34. The Balaban J connectivity index is 2.10. The molecule has 6 heteroatoms. The summed E-state index contributed by atoms with van der Waals surface area (Å²) >= 11 is 0. The molecule has 2 aromatic rings. The van der Waals surface area contributed by atoms with E-state index >= 15 is 0 Å². The van der Waals surface area contributed by atoms with Crippen LogP contribution in [0.1, 0.15) is 26.4 Å². The minimum Gasteiger partial charge on any atom is -0.478 e. The summed E-state index contributed by atoms with van der Waals surface area (Å²) in [5.41, 5.74) is 1.92. The smallest absolute Gasteiger partial charge is 0.337 e. The lowest BCUT2D eigenvalue weighted by Crippen LogP contribution is -2.14. The molecule has 0 aliphatic rings. The van der Waals surface area contributed by atoms with E-state index in [9.17, 15) is 9.59 Å². The minimum atomic E-state index is -1.07. The van der Waals surface area contributed by atoms with E-state index in [0.29, 0.717) is 12.2 Å². The highest BCUT2D eigenvalue weighted by atomic mass is 16.4. The number of carbonyl (C=O) groups is 2. The largest absolute Gasteiger partial charge is 0.478 e. The van der Waals surface area contributed by atoms with Crippen LogP contribution in [-0.2, 0) is 6.54 Å². The summed E-state index contributed by atoms with van der Waals surface area (Å²) in [6.07, 6.45) is 1.16. The molecule has 0 saturated carbocycles. The number of benzene rings is 1. The maximum absolute atomic E-state index is 12.0. The molecule has 0 radical (unpaired) electrons. The molecule has 1 amide bonds. The molecule has 0 fully saturated rings. The van der Waals surface area contributed by atoms with Crippen molar-refractivity contribution in [1.29, 1.82) is 0 Å². The number of nitrogens with zero attached hydrogens (tertiary/aromatic N) is 1. The van der Waals surface area contributed by atoms with E-state index in [1.165, 1.54) is 12.1 Å². The Labute approximate surface area is 121 Å². The van der Waals surface area contributed by atoms with Crippen molar-refractivity contribution in [3.05, 3.63) is 59.4 Å². The molecule has 3 N–H and O–H groups in total. The van der Waals surface area contributed by atoms with Gasteiger partial charge in [0.2, 0.25) is 0 Å². The number of amides is 1. The summed E-state index contributed by atoms with van der Waals surface area (Å²) in [5, 5.41) is 14.5. The van der Waals surface area contributed by atoms with E-state index < -0.39 is 5.97 Å². The molecule has 21 heavy (non-hydrogen) atoms. The number of carboxylic acid groups (broad SMARTS) is 1. The quantitative estimate of drug-likeness (QED) is 0.778. The Morgan fingerprint density at radius 2 is 2.05 bits per heavy atom. The number of aromatic carboxylic acids is 1. The lowest BCUT2D eigenvalue weighted by Gasteiger charge is -2.07. The van der Waals surface area contributed by atoms with Crippen molar-refractivity contribution in [2.75, 3.05) is 12.4 Å². The summed E-state index contributed by atoms with van der Waals surface area (Å²) in [7, 11) is 1.85. The zero-order chi connectivity index (χ0) is 15.2. The van der Waals surface area contributed by atoms with Crippen LogP contribution < -0.4 is 10.6 Å². The number of nitrogens with one attached hydrogen (secondary N) is 2. The third-order valence-corrected chi connectivity index (χ3v) is 2.81. The topological polar surface area (TPSA) is 91.3 Å². The van der Waals surface area contributed by atoms with E-state index in [0.717, 1.165) is 11.8 Å². The summed E-state index contributed by atoms with van der Waals surface area (Å²) in [6.45, 7) is 0.704. The average Bonchev–Trinajstić information content (AvgIpc) is 2.48. The normalized spacial score (nSPS) is 10.1. The van der Waals surface area contributed by atoms with Gasteiger partial charge in [-0.2, -0.15) is 0 Å². The van der Waals surface area contributed by atoms with Gasteiger partial charge in [-0.1, -0.05) is 12.1 Å². The first-order valence-corrected chi connectivity index (χ1v) is 6.34. The number of aromatic nitrogens is 1. The molecule has 0 atom stereocenters.